The Morgan fingerprint density at radius 1 is 1.13 bits per heavy atom. The highest BCUT2D eigenvalue weighted by Crippen LogP contribution is 2.24. The summed E-state index contributed by atoms with van der Waals surface area (Å²) in [5.74, 6) is -0.270. The van der Waals surface area contributed by atoms with Crippen molar-refractivity contribution in [3.05, 3.63) is 64.7 Å². The number of nitrogens with zero attached hydrogens (tertiary/aromatic N) is 1. The summed E-state index contributed by atoms with van der Waals surface area (Å²) in [4.78, 5) is 15.1. The standard InChI is InChI=1S/C23H31N3O3S/c1-5-17-7-9-18(10-8-17)22(26(3)4)15-24-23(27)21-14-20(13-6-16(21)2)30(28,29)25-19-11-12-19/h6-10,13-14,19,22,25H,5,11-12,15H2,1-4H3,(H,24,27)/t22-/m0/s1. The summed E-state index contributed by atoms with van der Waals surface area (Å²) in [7, 11) is 0.355. The van der Waals surface area contributed by atoms with Crippen molar-refractivity contribution in [3.63, 3.8) is 0 Å². The zero-order chi connectivity index (χ0) is 21.9. The molecule has 2 aromatic rings. The molecule has 0 aromatic heterocycles. The molecular formula is C23H31N3O3S. The highest BCUT2D eigenvalue weighted by molar-refractivity contribution is 7.89. The minimum absolute atomic E-state index is 0.0172. The average molecular weight is 430 g/mol. The van der Waals surface area contributed by atoms with Gasteiger partial charge in [-0.1, -0.05) is 37.3 Å². The van der Waals surface area contributed by atoms with Crippen LogP contribution in [0.3, 0.4) is 0 Å². The zero-order valence-electron chi connectivity index (χ0n) is 18.1. The summed E-state index contributed by atoms with van der Waals surface area (Å²) in [6.45, 7) is 4.36. The van der Waals surface area contributed by atoms with Crippen molar-refractivity contribution in [1.29, 1.82) is 0 Å². The molecule has 0 radical (unpaired) electrons. The zero-order valence-corrected chi connectivity index (χ0v) is 18.9. The van der Waals surface area contributed by atoms with Gasteiger partial charge in [-0.25, -0.2) is 13.1 Å². The van der Waals surface area contributed by atoms with Crippen molar-refractivity contribution in [1.82, 2.24) is 14.9 Å². The highest BCUT2D eigenvalue weighted by Gasteiger charge is 2.28. The van der Waals surface area contributed by atoms with E-state index in [4.69, 9.17) is 0 Å². The molecule has 30 heavy (non-hydrogen) atoms. The first-order valence-electron chi connectivity index (χ1n) is 10.4. The Labute approximate surface area is 179 Å². The average Bonchev–Trinajstić information content (AvgIpc) is 3.51. The summed E-state index contributed by atoms with van der Waals surface area (Å²) in [6.07, 6.45) is 2.71. The van der Waals surface area contributed by atoms with Gasteiger partial charge in [0.15, 0.2) is 0 Å². The molecule has 0 aliphatic heterocycles. The van der Waals surface area contributed by atoms with E-state index < -0.39 is 10.0 Å². The molecule has 0 saturated heterocycles. The SMILES string of the molecule is CCc1ccc([C@H](CNC(=O)c2cc(S(=O)(=O)NC3CC3)ccc2C)N(C)C)cc1. The molecule has 2 N–H and O–H groups in total. The lowest BCUT2D eigenvalue weighted by Gasteiger charge is -2.25. The molecule has 3 rings (SSSR count). The maximum atomic E-state index is 12.9. The molecule has 0 bridgehead atoms. The number of carbonyl (C=O) groups excluding carboxylic acids is 1. The fraction of sp³-hybridized carbons (Fsp3) is 0.435. The molecule has 1 atom stereocenters. The van der Waals surface area contributed by atoms with Gasteiger partial charge in [-0.3, -0.25) is 4.79 Å². The van der Waals surface area contributed by atoms with Crippen LogP contribution in [0, 0.1) is 6.92 Å². The van der Waals surface area contributed by atoms with Gasteiger partial charge in [0.1, 0.15) is 0 Å². The number of hydrogen-bond acceptors (Lipinski definition) is 4. The molecule has 1 fully saturated rings. The van der Waals surface area contributed by atoms with Crippen molar-refractivity contribution in [2.24, 2.45) is 0 Å². The summed E-state index contributed by atoms with van der Waals surface area (Å²) in [6, 6.07) is 13.2. The van der Waals surface area contributed by atoms with Crippen LogP contribution in [0.5, 0.6) is 0 Å². The van der Waals surface area contributed by atoms with Crippen LogP contribution in [0.15, 0.2) is 47.4 Å². The third kappa shape index (κ3) is 5.47. The van der Waals surface area contributed by atoms with Crippen LogP contribution in [0.25, 0.3) is 0 Å². The first-order chi connectivity index (χ1) is 14.2. The van der Waals surface area contributed by atoms with E-state index in [1.54, 1.807) is 12.1 Å². The van der Waals surface area contributed by atoms with E-state index in [-0.39, 0.29) is 22.9 Å². The number of hydrogen-bond donors (Lipinski definition) is 2. The molecule has 1 aliphatic carbocycles. The molecule has 1 aliphatic rings. The van der Waals surface area contributed by atoms with E-state index >= 15 is 0 Å². The smallest absolute Gasteiger partial charge is 0.251 e. The quantitative estimate of drug-likeness (QED) is 0.642. The molecule has 1 saturated carbocycles. The molecule has 0 unspecified atom stereocenters. The van der Waals surface area contributed by atoms with Gasteiger partial charge < -0.3 is 10.2 Å². The van der Waals surface area contributed by atoms with Gasteiger partial charge in [0.25, 0.3) is 5.91 Å². The number of sulfonamides is 1. The molecule has 6 nitrogen and oxygen atoms in total. The summed E-state index contributed by atoms with van der Waals surface area (Å²) in [5.41, 5.74) is 3.52. The second-order valence-corrected chi connectivity index (χ2v) is 9.87. The molecule has 162 valence electrons. The van der Waals surface area contributed by atoms with Gasteiger partial charge in [0, 0.05) is 18.2 Å². The van der Waals surface area contributed by atoms with E-state index in [2.05, 4.69) is 46.1 Å². The fourth-order valence-electron chi connectivity index (χ4n) is 3.36. The van der Waals surface area contributed by atoms with Crippen LogP contribution in [0.4, 0.5) is 0 Å². The van der Waals surface area contributed by atoms with Crippen LogP contribution in [0.1, 0.15) is 52.9 Å². The Bertz CT molecular complexity index is 997. The Kier molecular flexibility index (Phi) is 6.95. The van der Waals surface area contributed by atoms with Crippen LogP contribution in [-0.4, -0.2) is 45.9 Å². The maximum absolute atomic E-state index is 12.9. The number of benzene rings is 2. The third-order valence-electron chi connectivity index (χ3n) is 5.52. The fourth-order valence-corrected chi connectivity index (χ4v) is 4.69. The van der Waals surface area contributed by atoms with Crippen LogP contribution >= 0.6 is 0 Å². The summed E-state index contributed by atoms with van der Waals surface area (Å²) in [5, 5.41) is 2.98. The second kappa shape index (κ2) is 9.29. The van der Waals surface area contributed by atoms with E-state index in [0.29, 0.717) is 12.1 Å². The van der Waals surface area contributed by atoms with Crippen molar-refractivity contribution < 1.29 is 13.2 Å². The van der Waals surface area contributed by atoms with Gasteiger partial charge in [-0.2, -0.15) is 0 Å². The van der Waals surface area contributed by atoms with E-state index in [9.17, 15) is 13.2 Å². The Balaban J connectivity index is 1.74. The topological polar surface area (TPSA) is 78.5 Å². The number of likely N-dealkylation sites (N-methyl/N-ethyl adjacent to an activating group) is 1. The van der Waals surface area contributed by atoms with E-state index in [1.807, 2.05) is 21.0 Å². The van der Waals surface area contributed by atoms with Crippen molar-refractivity contribution in [2.75, 3.05) is 20.6 Å². The number of nitrogens with one attached hydrogen (secondary N) is 2. The van der Waals surface area contributed by atoms with Gasteiger partial charge in [0.2, 0.25) is 10.0 Å². The van der Waals surface area contributed by atoms with E-state index in [0.717, 1.165) is 30.4 Å². The molecule has 0 spiro atoms. The Hall–Kier alpha value is -2.22. The molecule has 1 amide bonds. The molecule has 2 aromatic carbocycles. The predicted molar refractivity (Wildman–Crippen MR) is 119 cm³/mol. The van der Waals surface area contributed by atoms with Crippen LogP contribution in [0.2, 0.25) is 0 Å². The van der Waals surface area contributed by atoms with Crippen LogP contribution < -0.4 is 10.0 Å². The predicted octanol–water partition coefficient (Wildman–Crippen LogP) is 3.03. The van der Waals surface area contributed by atoms with E-state index in [1.165, 1.54) is 11.6 Å². The Morgan fingerprint density at radius 3 is 2.37 bits per heavy atom. The lowest BCUT2D eigenvalue weighted by atomic mass is 10.0. The number of aryl methyl sites for hydroxylation is 2. The van der Waals surface area contributed by atoms with Gasteiger partial charge >= 0.3 is 0 Å². The lowest BCUT2D eigenvalue weighted by Crippen LogP contribution is -2.35. The van der Waals surface area contributed by atoms with Crippen molar-refractivity contribution in [3.8, 4) is 0 Å². The third-order valence-corrected chi connectivity index (χ3v) is 7.03. The Morgan fingerprint density at radius 2 is 1.80 bits per heavy atom. The second-order valence-electron chi connectivity index (χ2n) is 8.16. The first-order valence-corrected chi connectivity index (χ1v) is 11.9. The molecule has 7 heteroatoms. The van der Waals surface area contributed by atoms with Gasteiger partial charge in [-0.15, -0.1) is 0 Å². The highest BCUT2D eigenvalue weighted by atomic mass is 32.2. The minimum atomic E-state index is -3.60. The maximum Gasteiger partial charge on any atom is 0.251 e. The number of amides is 1. The summed E-state index contributed by atoms with van der Waals surface area (Å²) < 4.78 is 27.7. The molecular weight excluding hydrogens is 398 g/mol. The normalized spacial score (nSPS) is 15.2. The van der Waals surface area contributed by atoms with Gasteiger partial charge in [0.05, 0.1) is 10.9 Å². The lowest BCUT2D eigenvalue weighted by molar-refractivity contribution is 0.0941. The largest absolute Gasteiger partial charge is 0.350 e. The molecule has 0 heterocycles. The summed E-state index contributed by atoms with van der Waals surface area (Å²) >= 11 is 0. The number of rotatable bonds is 9. The monoisotopic (exact) mass is 429 g/mol. The van der Waals surface area contributed by atoms with Gasteiger partial charge in [-0.05, 0) is 69.1 Å². The first kappa shape index (κ1) is 22.5. The van der Waals surface area contributed by atoms with Crippen LogP contribution in [-0.2, 0) is 16.4 Å². The number of carbonyl (C=O) groups is 1. The van der Waals surface area contributed by atoms with Crippen molar-refractivity contribution in [2.45, 2.75) is 50.1 Å². The minimum Gasteiger partial charge on any atom is -0.350 e. The van der Waals surface area contributed by atoms with Crippen molar-refractivity contribution >= 4 is 15.9 Å².